The predicted octanol–water partition coefficient (Wildman–Crippen LogP) is 2.57. The number of benzene rings is 1. The molecule has 0 radical (unpaired) electrons. The number of nitrogens with zero attached hydrogens (tertiary/aromatic N) is 1. The molecule has 0 aliphatic heterocycles. The van der Waals surface area contributed by atoms with Crippen LogP contribution in [0.4, 0.5) is 13.2 Å². The zero-order valence-electron chi connectivity index (χ0n) is 11.9. The average molecular weight is 303 g/mol. The van der Waals surface area contributed by atoms with E-state index in [1.165, 1.54) is 33.0 Å². The summed E-state index contributed by atoms with van der Waals surface area (Å²) >= 11 is 0. The number of aliphatic carboxylic acids is 1. The summed E-state index contributed by atoms with van der Waals surface area (Å²) in [6.07, 6.45) is -4.78. The van der Waals surface area contributed by atoms with E-state index in [9.17, 15) is 22.8 Å². The van der Waals surface area contributed by atoms with Gasteiger partial charge in [-0.1, -0.05) is 18.2 Å². The normalized spacial score (nSPS) is 12.1. The SMILES string of the molecule is CN(C(=O)Cc1cccc(C(F)(F)F)c1)C(C)(C)C(=O)O. The van der Waals surface area contributed by atoms with Gasteiger partial charge in [0.15, 0.2) is 0 Å². The van der Waals surface area contributed by atoms with Crippen LogP contribution in [0.1, 0.15) is 25.0 Å². The van der Waals surface area contributed by atoms with Gasteiger partial charge in [-0.3, -0.25) is 4.79 Å². The number of carboxylic acid groups (broad SMARTS) is 1. The van der Waals surface area contributed by atoms with Gasteiger partial charge in [0.25, 0.3) is 0 Å². The maximum absolute atomic E-state index is 12.6. The Morgan fingerprint density at radius 3 is 2.29 bits per heavy atom. The van der Waals surface area contributed by atoms with Crippen LogP contribution in [0.5, 0.6) is 0 Å². The molecule has 1 aromatic carbocycles. The molecule has 1 N–H and O–H groups in total. The van der Waals surface area contributed by atoms with E-state index >= 15 is 0 Å². The fourth-order valence-corrected chi connectivity index (χ4v) is 1.61. The first-order valence-electron chi connectivity index (χ1n) is 6.12. The number of hydrogen-bond donors (Lipinski definition) is 1. The Hall–Kier alpha value is -2.05. The molecule has 0 saturated heterocycles. The lowest BCUT2D eigenvalue weighted by atomic mass is 10.0. The Morgan fingerprint density at radius 1 is 1.24 bits per heavy atom. The second-order valence-corrected chi connectivity index (χ2v) is 5.19. The molecule has 0 aromatic heterocycles. The molecule has 4 nitrogen and oxygen atoms in total. The van der Waals surface area contributed by atoms with Gasteiger partial charge in [0.1, 0.15) is 5.54 Å². The van der Waals surface area contributed by atoms with Crippen LogP contribution in [-0.2, 0) is 22.2 Å². The lowest BCUT2D eigenvalue weighted by Gasteiger charge is -2.31. The largest absolute Gasteiger partial charge is 0.480 e. The molecule has 1 rings (SSSR count). The third kappa shape index (κ3) is 3.96. The summed E-state index contributed by atoms with van der Waals surface area (Å²) in [5.41, 5.74) is -2.09. The van der Waals surface area contributed by atoms with Crippen molar-refractivity contribution < 1.29 is 27.9 Å². The van der Waals surface area contributed by atoms with Crippen molar-refractivity contribution in [3.8, 4) is 0 Å². The van der Waals surface area contributed by atoms with Crippen LogP contribution in [0.15, 0.2) is 24.3 Å². The number of halogens is 3. The zero-order valence-corrected chi connectivity index (χ0v) is 11.9. The molecule has 0 aliphatic rings. The standard InChI is InChI=1S/C14H16F3NO3/c1-13(2,12(20)21)18(3)11(19)8-9-5-4-6-10(7-9)14(15,16)17/h4-7H,8H2,1-3H3,(H,20,21). The first-order valence-corrected chi connectivity index (χ1v) is 6.12. The molecule has 0 unspecified atom stereocenters. The first-order chi connectivity index (χ1) is 9.46. The Kier molecular flexibility index (Phi) is 4.65. The van der Waals surface area contributed by atoms with Crippen molar-refractivity contribution >= 4 is 11.9 Å². The Balaban J connectivity index is 2.92. The quantitative estimate of drug-likeness (QED) is 0.930. The van der Waals surface area contributed by atoms with E-state index in [4.69, 9.17) is 5.11 Å². The van der Waals surface area contributed by atoms with E-state index in [0.29, 0.717) is 0 Å². The van der Waals surface area contributed by atoms with E-state index in [0.717, 1.165) is 17.0 Å². The molecule has 0 saturated carbocycles. The van der Waals surface area contributed by atoms with E-state index in [-0.39, 0.29) is 12.0 Å². The van der Waals surface area contributed by atoms with Crippen molar-refractivity contribution in [3.05, 3.63) is 35.4 Å². The summed E-state index contributed by atoms with van der Waals surface area (Å²) in [7, 11) is 1.31. The van der Waals surface area contributed by atoms with Crippen molar-refractivity contribution in [3.63, 3.8) is 0 Å². The molecular weight excluding hydrogens is 287 g/mol. The summed E-state index contributed by atoms with van der Waals surface area (Å²) in [5.74, 6) is -1.76. The number of carbonyl (C=O) groups is 2. The van der Waals surface area contributed by atoms with Crippen LogP contribution < -0.4 is 0 Å². The van der Waals surface area contributed by atoms with E-state index in [1.807, 2.05) is 0 Å². The second kappa shape index (κ2) is 5.75. The number of alkyl halides is 3. The highest BCUT2D eigenvalue weighted by molar-refractivity contribution is 5.87. The predicted molar refractivity (Wildman–Crippen MR) is 69.6 cm³/mol. The van der Waals surface area contributed by atoms with Gasteiger partial charge in [-0.15, -0.1) is 0 Å². The number of likely N-dealkylation sites (N-methyl/N-ethyl adjacent to an activating group) is 1. The fourth-order valence-electron chi connectivity index (χ4n) is 1.61. The van der Waals surface area contributed by atoms with Gasteiger partial charge in [-0.05, 0) is 25.5 Å². The number of carboxylic acids is 1. The molecule has 0 heterocycles. The maximum atomic E-state index is 12.6. The number of carbonyl (C=O) groups excluding carboxylic acids is 1. The highest BCUT2D eigenvalue weighted by Crippen LogP contribution is 2.29. The van der Waals surface area contributed by atoms with Crippen LogP contribution in [-0.4, -0.2) is 34.5 Å². The van der Waals surface area contributed by atoms with Crippen LogP contribution in [0.2, 0.25) is 0 Å². The molecule has 116 valence electrons. The summed E-state index contributed by atoms with van der Waals surface area (Å²) in [6.45, 7) is 2.69. The monoisotopic (exact) mass is 303 g/mol. The molecule has 0 fully saturated rings. The smallest absolute Gasteiger partial charge is 0.416 e. The summed E-state index contributed by atoms with van der Waals surface area (Å²) in [5, 5.41) is 9.03. The highest BCUT2D eigenvalue weighted by atomic mass is 19.4. The van der Waals surface area contributed by atoms with Crippen LogP contribution >= 0.6 is 0 Å². The van der Waals surface area contributed by atoms with Crippen LogP contribution in [0.3, 0.4) is 0 Å². The minimum atomic E-state index is -4.48. The minimum absolute atomic E-state index is 0.183. The lowest BCUT2D eigenvalue weighted by Crippen LogP contribution is -2.51. The lowest BCUT2D eigenvalue weighted by molar-refractivity contribution is -0.155. The van der Waals surface area contributed by atoms with Crippen molar-refractivity contribution in [2.24, 2.45) is 0 Å². The Morgan fingerprint density at radius 2 is 1.81 bits per heavy atom. The third-order valence-corrected chi connectivity index (χ3v) is 3.35. The van der Waals surface area contributed by atoms with Crippen molar-refractivity contribution in [1.82, 2.24) is 4.90 Å². The molecule has 0 bridgehead atoms. The van der Waals surface area contributed by atoms with Crippen LogP contribution in [0.25, 0.3) is 0 Å². The third-order valence-electron chi connectivity index (χ3n) is 3.35. The average Bonchev–Trinajstić information content (AvgIpc) is 2.36. The van der Waals surface area contributed by atoms with Gasteiger partial charge in [0.05, 0.1) is 12.0 Å². The van der Waals surface area contributed by atoms with Crippen molar-refractivity contribution in [1.29, 1.82) is 0 Å². The number of hydrogen-bond acceptors (Lipinski definition) is 2. The summed E-state index contributed by atoms with van der Waals surface area (Å²) in [6, 6.07) is 4.42. The molecule has 1 aromatic rings. The fraction of sp³-hybridized carbons (Fsp3) is 0.429. The van der Waals surface area contributed by atoms with Gasteiger partial charge in [0.2, 0.25) is 5.91 Å². The molecule has 1 amide bonds. The molecule has 21 heavy (non-hydrogen) atoms. The van der Waals surface area contributed by atoms with Gasteiger partial charge in [0, 0.05) is 7.05 Å². The summed E-state index contributed by atoms with van der Waals surface area (Å²) in [4.78, 5) is 24.1. The van der Waals surface area contributed by atoms with Crippen molar-refractivity contribution in [2.75, 3.05) is 7.05 Å². The van der Waals surface area contributed by atoms with Crippen molar-refractivity contribution in [2.45, 2.75) is 32.0 Å². The van der Waals surface area contributed by atoms with E-state index < -0.39 is 29.2 Å². The Labute approximate surface area is 120 Å². The van der Waals surface area contributed by atoms with Crippen LogP contribution in [0, 0.1) is 0 Å². The molecule has 0 aliphatic carbocycles. The molecule has 0 spiro atoms. The maximum Gasteiger partial charge on any atom is 0.416 e. The minimum Gasteiger partial charge on any atom is -0.480 e. The highest BCUT2D eigenvalue weighted by Gasteiger charge is 2.35. The zero-order chi connectivity index (χ0) is 16.4. The van der Waals surface area contributed by atoms with Gasteiger partial charge < -0.3 is 10.0 Å². The second-order valence-electron chi connectivity index (χ2n) is 5.19. The Bertz CT molecular complexity index is 553. The van der Waals surface area contributed by atoms with E-state index in [1.54, 1.807) is 0 Å². The first kappa shape index (κ1) is 17.0. The van der Waals surface area contributed by atoms with Gasteiger partial charge in [-0.25, -0.2) is 4.79 Å². The van der Waals surface area contributed by atoms with Gasteiger partial charge >= 0.3 is 12.1 Å². The van der Waals surface area contributed by atoms with Gasteiger partial charge in [-0.2, -0.15) is 13.2 Å². The number of amides is 1. The molecule has 7 heteroatoms. The topological polar surface area (TPSA) is 57.6 Å². The number of rotatable bonds is 4. The van der Waals surface area contributed by atoms with E-state index in [2.05, 4.69) is 0 Å². The summed E-state index contributed by atoms with van der Waals surface area (Å²) < 4.78 is 37.8. The molecule has 0 atom stereocenters. The molecular formula is C14H16F3NO3.